The van der Waals surface area contributed by atoms with E-state index < -0.39 is 8.07 Å². The quantitative estimate of drug-likeness (QED) is 0.686. The number of rotatable bonds is 2. The van der Waals surface area contributed by atoms with Gasteiger partial charge in [-0.2, -0.15) is 0 Å². The third-order valence-corrected chi connectivity index (χ3v) is 6.32. The van der Waals surface area contributed by atoms with Crippen LogP contribution in [0, 0.1) is 6.92 Å². The first-order valence-corrected chi connectivity index (χ1v) is 10.6. The van der Waals surface area contributed by atoms with E-state index in [1.54, 1.807) is 0 Å². The molecule has 0 saturated carbocycles. The predicted molar refractivity (Wildman–Crippen MR) is 87.3 cm³/mol. The zero-order chi connectivity index (χ0) is 13.3. The van der Waals surface area contributed by atoms with Gasteiger partial charge in [0.05, 0.1) is 8.07 Å². The van der Waals surface area contributed by atoms with Crippen molar-refractivity contribution in [3.8, 4) is 11.1 Å². The second kappa shape index (κ2) is 5.02. The molecule has 0 aliphatic rings. The molecule has 0 atom stereocenters. The molecule has 0 aromatic heterocycles. The average molecular weight is 319 g/mol. The lowest BCUT2D eigenvalue weighted by Crippen LogP contribution is -2.38. The molecule has 0 radical (unpaired) electrons. The number of benzene rings is 2. The van der Waals surface area contributed by atoms with E-state index in [-0.39, 0.29) is 0 Å². The smallest absolute Gasteiger partial charge is 0.0656 e. The van der Waals surface area contributed by atoms with Crippen molar-refractivity contribution in [2.24, 2.45) is 0 Å². The van der Waals surface area contributed by atoms with E-state index >= 15 is 0 Å². The topological polar surface area (TPSA) is 0 Å². The first kappa shape index (κ1) is 13.6. The number of hydrogen-bond acceptors (Lipinski definition) is 0. The summed E-state index contributed by atoms with van der Waals surface area (Å²) in [7, 11) is -1.32. The molecule has 0 heterocycles. The molecule has 0 bridgehead atoms. The molecule has 0 nitrogen and oxygen atoms in total. The first-order chi connectivity index (χ1) is 8.41. The van der Waals surface area contributed by atoms with E-state index in [1.165, 1.54) is 26.3 Å². The minimum Gasteiger partial charge on any atom is -0.0656 e. The molecule has 2 aromatic carbocycles. The molecule has 94 valence electrons. The molecular weight excluding hydrogens is 300 g/mol. The Morgan fingerprint density at radius 3 is 2.11 bits per heavy atom. The van der Waals surface area contributed by atoms with E-state index in [1.807, 2.05) is 0 Å². The van der Waals surface area contributed by atoms with Crippen LogP contribution in [0.3, 0.4) is 0 Å². The summed E-state index contributed by atoms with van der Waals surface area (Å²) in [5, 5.41) is 1.52. The van der Waals surface area contributed by atoms with Crippen LogP contribution in [-0.4, -0.2) is 8.07 Å². The summed E-state index contributed by atoms with van der Waals surface area (Å²) in [6.07, 6.45) is 0. The van der Waals surface area contributed by atoms with Crippen LogP contribution in [0.4, 0.5) is 0 Å². The standard InChI is InChI=1S/C16H19BrSi/c1-12-8-7-10-14(16(12)17)13-9-5-6-11-15(13)18(2,3)4/h5-11H,1-4H3. The van der Waals surface area contributed by atoms with Crippen molar-refractivity contribution in [3.05, 3.63) is 52.5 Å². The lowest BCUT2D eigenvalue weighted by atomic mass is 10.0. The van der Waals surface area contributed by atoms with Gasteiger partial charge in [-0.3, -0.25) is 0 Å². The second-order valence-electron chi connectivity index (χ2n) is 5.73. The summed E-state index contributed by atoms with van der Waals surface area (Å²) in [4.78, 5) is 0. The van der Waals surface area contributed by atoms with Gasteiger partial charge in [-0.25, -0.2) is 0 Å². The highest BCUT2D eigenvalue weighted by Crippen LogP contribution is 2.30. The molecule has 2 heteroatoms. The van der Waals surface area contributed by atoms with Gasteiger partial charge in [0.25, 0.3) is 0 Å². The number of halogens is 1. The summed E-state index contributed by atoms with van der Waals surface area (Å²) in [6, 6.07) is 15.3. The summed E-state index contributed by atoms with van der Waals surface area (Å²) < 4.78 is 1.22. The molecule has 0 spiro atoms. The first-order valence-electron chi connectivity index (χ1n) is 6.26. The van der Waals surface area contributed by atoms with Gasteiger partial charge in [0.2, 0.25) is 0 Å². The molecule has 0 N–H and O–H groups in total. The van der Waals surface area contributed by atoms with Crippen molar-refractivity contribution in [3.63, 3.8) is 0 Å². The monoisotopic (exact) mass is 318 g/mol. The molecule has 0 unspecified atom stereocenters. The van der Waals surface area contributed by atoms with Gasteiger partial charge in [-0.1, -0.05) is 67.3 Å². The van der Waals surface area contributed by atoms with Crippen LogP contribution in [0.2, 0.25) is 19.6 Å². The molecule has 0 fully saturated rings. The van der Waals surface area contributed by atoms with Crippen molar-refractivity contribution < 1.29 is 0 Å². The van der Waals surface area contributed by atoms with Crippen LogP contribution in [0.25, 0.3) is 11.1 Å². The van der Waals surface area contributed by atoms with Gasteiger partial charge < -0.3 is 0 Å². The van der Waals surface area contributed by atoms with E-state index in [9.17, 15) is 0 Å². The third kappa shape index (κ3) is 2.60. The van der Waals surface area contributed by atoms with E-state index in [0.29, 0.717) is 0 Å². The molecule has 0 aliphatic heterocycles. The third-order valence-electron chi connectivity index (χ3n) is 3.22. The maximum Gasteiger partial charge on any atom is 0.0784 e. The summed E-state index contributed by atoms with van der Waals surface area (Å²) in [6.45, 7) is 9.34. The Bertz CT molecular complexity index is 568. The van der Waals surface area contributed by atoms with Crippen LogP contribution in [0.5, 0.6) is 0 Å². The Kier molecular flexibility index (Phi) is 3.78. The Hall–Kier alpha value is -0.863. The Labute approximate surface area is 119 Å². The highest BCUT2D eigenvalue weighted by molar-refractivity contribution is 9.10. The van der Waals surface area contributed by atoms with Crippen LogP contribution in [-0.2, 0) is 0 Å². The van der Waals surface area contributed by atoms with Gasteiger partial charge in [0, 0.05) is 4.47 Å². The van der Waals surface area contributed by atoms with Crippen LogP contribution in [0.1, 0.15) is 5.56 Å². The van der Waals surface area contributed by atoms with Gasteiger partial charge in [-0.15, -0.1) is 0 Å². The van der Waals surface area contributed by atoms with Gasteiger partial charge in [0.15, 0.2) is 0 Å². The Balaban J connectivity index is 2.69. The lowest BCUT2D eigenvalue weighted by Gasteiger charge is -2.22. The Morgan fingerprint density at radius 2 is 1.44 bits per heavy atom. The highest BCUT2D eigenvalue weighted by Gasteiger charge is 2.21. The van der Waals surface area contributed by atoms with Crippen molar-refractivity contribution in [1.29, 1.82) is 0 Å². The average Bonchev–Trinajstić information content (AvgIpc) is 2.32. The van der Waals surface area contributed by atoms with Crippen molar-refractivity contribution >= 4 is 29.2 Å². The Morgan fingerprint density at radius 1 is 0.833 bits per heavy atom. The van der Waals surface area contributed by atoms with E-state index in [4.69, 9.17) is 0 Å². The fraction of sp³-hybridized carbons (Fsp3) is 0.250. The van der Waals surface area contributed by atoms with E-state index in [0.717, 1.165) is 0 Å². The molecule has 2 rings (SSSR count). The van der Waals surface area contributed by atoms with Crippen molar-refractivity contribution in [2.75, 3.05) is 0 Å². The van der Waals surface area contributed by atoms with Gasteiger partial charge >= 0.3 is 0 Å². The second-order valence-corrected chi connectivity index (χ2v) is 11.6. The molecule has 0 saturated heterocycles. The zero-order valence-corrected chi connectivity index (χ0v) is 14.0. The van der Waals surface area contributed by atoms with Crippen LogP contribution >= 0.6 is 15.9 Å². The SMILES string of the molecule is Cc1cccc(-c2ccccc2[Si](C)(C)C)c1Br. The van der Waals surface area contributed by atoms with Gasteiger partial charge in [-0.05, 0) is 39.5 Å². The molecule has 0 amide bonds. The molecular formula is C16H19BrSi. The van der Waals surface area contributed by atoms with Crippen molar-refractivity contribution in [1.82, 2.24) is 0 Å². The summed E-state index contributed by atoms with van der Waals surface area (Å²) in [5.41, 5.74) is 3.98. The number of hydrogen-bond donors (Lipinski definition) is 0. The number of aryl methyl sites for hydroxylation is 1. The fourth-order valence-corrected chi connectivity index (χ4v) is 4.33. The maximum absolute atomic E-state index is 3.73. The van der Waals surface area contributed by atoms with Crippen LogP contribution < -0.4 is 5.19 Å². The largest absolute Gasteiger partial charge is 0.0784 e. The normalized spacial score (nSPS) is 11.6. The minimum absolute atomic E-state index is 1.22. The van der Waals surface area contributed by atoms with Crippen molar-refractivity contribution in [2.45, 2.75) is 26.6 Å². The highest BCUT2D eigenvalue weighted by atomic mass is 79.9. The summed E-state index contributed by atoms with van der Waals surface area (Å²) in [5.74, 6) is 0. The minimum atomic E-state index is -1.32. The van der Waals surface area contributed by atoms with Gasteiger partial charge in [0.1, 0.15) is 0 Å². The maximum atomic E-state index is 3.73. The van der Waals surface area contributed by atoms with E-state index in [2.05, 4.69) is 85.0 Å². The molecule has 18 heavy (non-hydrogen) atoms. The summed E-state index contributed by atoms with van der Waals surface area (Å²) >= 11 is 3.73. The lowest BCUT2D eigenvalue weighted by molar-refractivity contribution is 1.43. The van der Waals surface area contributed by atoms with Crippen LogP contribution in [0.15, 0.2) is 46.9 Å². The predicted octanol–water partition coefficient (Wildman–Crippen LogP) is 4.97. The molecule has 2 aromatic rings. The fourth-order valence-electron chi connectivity index (χ4n) is 2.23. The zero-order valence-electron chi connectivity index (χ0n) is 11.4. The molecule has 0 aliphatic carbocycles.